The van der Waals surface area contributed by atoms with Crippen LogP contribution in [-0.4, -0.2) is 36.2 Å². The lowest BCUT2D eigenvalue weighted by Gasteiger charge is -2.10. The van der Waals surface area contributed by atoms with Crippen molar-refractivity contribution >= 4 is 11.9 Å². The molecular weight excluding hydrogens is 349 g/mol. The SMILES string of the molecule is CNC(=O)[C@@H](N)Cc1ccc(-c2ccccc2)cc1.O=C(O)C(F)(F)F. The van der Waals surface area contributed by atoms with Gasteiger partial charge in [-0.2, -0.15) is 13.2 Å². The predicted octanol–water partition coefficient (Wildman–Crippen LogP) is 2.60. The molecule has 0 aromatic heterocycles. The normalized spacial score (nSPS) is 11.7. The minimum atomic E-state index is -5.08. The summed E-state index contributed by atoms with van der Waals surface area (Å²) in [4.78, 5) is 20.3. The van der Waals surface area contributed by atoms with Gasteiger partial charge in [-0.1, -0.05) is 54.6 Å². The minimum absolute atomic E-state index is 0.132. The first-order chi connectivity index (χ1) is 12.1. The van der Waals surface area contributed by atoms with Gasteiger partial charge in [-0.15, -0.1) is 0 Å². The van der Waals surface area contributed by atoms with Gasteiger partial charge in [0.25, 0.3) is 0 Å². The van der Waals surface area contributed by atoms with Crippen LogP contribution in [0, 0.1) is 0 Å². The van der Waals surface area contributed by atoms with E-state index in [0.717, 1.165) is 11.1 Å². The van der Waals surface area contributed by atoms with E-state index in [2.05, 4.69) is 29.6 Å². The zero-order valence-electron chi connectivity index (χ0n) is 14.0. The zero-order chi connectivity index (χ0) is 19.7. The Balaban J connectivity index is 0.000000412. The number of carbonyl (C=O) groups excluding carboxylic acids is 1. The average Bonchev–Trinajstić information content (AvgIpc) is 2.62. The highest BCUT2D eigenvalue weighted by Gasteiger charge is 2.38. The van der Waals surface area contributed by atoms with E-state index in [1.54, 1.807) is 7.05 Å². The van der Waals surface area contributed by atoms with E-state index in [1.807, 2.05) is 30.3 Å². The van der Waals surface area contributed by atoms with Gasteiger partial charge < -0.3 is 16.2 Å². The maximum absolute atomic E-state index is 11.4. The molecule has 0 heterocycles. The van der Waals surface area contributed by atoms with Crippen molar-refractivity contribution in [1.29, 1.82) is 0 Å². The molecule has 0 aliphatic heterocycles. The Morgan fingerprint density at radius 1 is 1.04 bits per heavy atom. The van der Waals surface area contributed by atoms with Crippen LogP contribution in [0.1, 0.15) is 5.56 Å². The van der Waals surface area contributed by atoms with Crippen LogP contribution < -0.4 is 11.1 Å². The molecule has 0 spiro atoms. The number of likely N-dealkylation sites (N-methyl/N-ethyl adjacent to an activating group) is 1. The Kier molecular flexibility index (Phi) is 7.79. The summed E-state index contributed by atoms with van der Waals surface area (Å²) in [6.07, 6.45) is -4.53. The Labute approximate surface area is 148 Å². The van der Waals surface area contributed by atoms with Crippen molar-refractivity contribution in [2.75, 3.05) is 7.05 Å². The first kappa shape index (κ1) is 21.2. The minimum Gasteiger partial charge on any atom is -0.475 e. The number of hydrogen-bond donors (Lipinski definition) is 3. The highest BCUT2D eigenvalue weighted by molar-refractivity contribution is 5.81. The third kappa shape index (κ3) is 6.94. The fourth-order valence-electron chi connectivity index (χ4n) is 2.00. The molecule has 0 saturated heterocycles. The van der Waals surface area contributed by atoms with E-state index in [1.165, 1.54) is 5.56 Å². The number of rotatable bonds is 4. The predicted molar refractivity (Wildman–Crippen MR) is 91.3 cm³/mol. The molecule has 1 amide bonds. The maximum atomic E-state index is 11.4. The van der Waals surface area contributed by atoms with Gasteiger partial charge in [0.15, 0.2) is 0 Å². The van der Waals surface area contributed by atoms with E-state index < -0.39 is 18.2 Å². The van der Waals surface area contributed by atoms with Gasteiger partial charge in [-0.3, -0.25) is 4.79 Å². The molecule has 0 radical (unpaired) electrons. The summed E-state index contributed by atoms with van der Waals surface area (Å²) in [6, 6.07) is 17.8. The summed E-state index contributed by atoms with van der Waals surface area (Å²) in [5, 5.41) is 9.68. The van der Waals surface area contributed by atoms with Gasteiger partial charge in [-0.05, 0) is 23.1 Å². The van der Waals surface area contributed by atoms with E-state index in [4.69, 9.17) is 15.6 Å². The van der Waals surface area contributed by atoms with Gasteiger partial charge in [0, 0.05) is 7.05 Å². The van der Waals surface area contributed by atoms with Crippen LogP contribution in [0.3, 0.4) is 0 Å². The second-order valence-corrected chi connectivity index (χ2v) is 5.29. The average molecular weight is 368 g/mol. The van der Waals surface area contributed by atoms with E-state index in [0.29, 0.717) is 6.42 Å². The summed E-state index contributed by atoms with van der Waals surface area (Å²) >= 11 is 0. The summed E-state index contributed by atoms with van der Waals surface area (Å²) < 4.78 is 31.7. The second kappa shape index (κ2) is 9.57. The number of carboxylic acids is 1. The number of carboxylic acid groups (broad SMARTS) is 1. The smallest absolute Gasteiger partial charge is 0.475 e. The number of nitrogens with two attached hydrogens (primary N) is 1. The lowest BCUT2D eigenvalue weighted by atomic mass is 10.0. The molecule has 2 aromatic rings. The van der Waals surface area contributed by atoms with Crippen molar-refractivity contribution in [3.8, 4) is 11.1 Å². The summed E-state index contributed by atoms with van der Waals surface area (Å²) in [6.45, 7) is 0. The number of aliphatic carboxylic acids is 1. The monoisotopic (exact) mass is 368 g/mol. The van der Waals surface area contributed by atoms with Crippen molar-refractivity contribution in [1.82, 2.24) is 5.32 Å². The number of carbonyl (C=O) groups is 2. The van der Waals surface area contributed by atoms with Crippen LogP contribution in [0.4, 0.5) is 13.2 Å². The van der Waals surface area contributed by atoms with Crippen molar-refractivity contribution < 1.29 is 27.9 Å². The first-order valence-corrected chi connectivity index (χ1v) is 7.56. The molecular formula is C18H19F3N2O3. The number of benzene rings is 2. The molecule has 0 aliphatic carbocycles. The van der Waals surface area contributed by atoms with Crippen molar-refractivity contribution in [3.63, 3.8) is 0 Å². The summed E-state index contributed by atoms with van der Waals surface area (Å²) in [5.74, 6) is -2.89. The van der Waals surface area contributed by atoms with Gasteiger partial charge in [0.05, 0.1) is 6.04 Å². The van der Waals surface area contributed by atoms with Crippen molar-refractivity contribution in [3.05, 3.63) is 60.2 Å². The third-order valence-electron chi connectivity index (χ3n) is 3.34. The van der Waals surface area contributed by atoms with Gasteiger partial charge in [0.1, 0.15) is 0 Å². The summed E-state index contributed by atoms with van der Waals surface area (Å²) in [7, 11) is 1.60. The molecule has 0 bridgehead atoms. The standard InChI is InChI=1S/C16H18N2O.C2HF3O2/c1-18-16(19)15(17)11-12-7-9-14(10-8-12)13-5-3-2-4-6-13;3-2(4,5)1(6)7/h2-10,15H,11,17H2,1H3,(H,18,19);(H,6,7)/t15-;/m0./s1. The van der Waals surface area contributed by atoms with Crippen molar-refractivity contribution in [2.45, 2.75) is 18.6 Å². The molecule has 0 unspecified atom stereocenters. The Bertz CT molecular complexity index is 717. The van der Waals surface area contributed by atoms with Gasteiger partial charge in [0.2, 0.25) is 5.91 Å². The van der Waals surface area contributed by atoms with E-state index in [-0.39, 0.29) is 5.91 Å². The topological polar surface area (TPSA) is 92.4 Å². The molecule has 0 aliphatic rings. The zero-order valence-corrected chi connectivity index (χ0v) is 14.0. The van der Waals surface area contributed by atoms with Crippen LogP contribution in [0.5, 0.6) is 0 Å². The molecule has 8 heteroatoms. The number of alkyl halides is 3. The Morgan fingerprint density at radius 2 is 1.50 bits per heavy atom. The van der Waals surface area contributed by atoms with Crippen molar-refractivity contribution in [2.24, 2.45) is 5.73 Å². The molecule has 5 nitrogen and oxygen atoms in total. The quantitative estimate of drug-likeness (QED) is 0.773. The van der Waals surface area contributed by atoms with Gasteiger partial charge in [-0.25, -0.2) is 4.79 Å². The fraction of sp³-hybridized carbons (Fsp3) is 0.222. The highest BCUT2D eigenvalue weighted by atomic mass is 19.4. The largest absolute Gasteiger partial charge is 0.490 e. The maximum Gasteiger partial charge on any atom is 0.490 e. The molecule has 4 N–H and O–H groups in total. The number of halogens is 3. The van der Waals surface area contributed by atoms with E-state index >= 15 is 0 Å². The number of hydrogen-bond acceptors (Lipinski definition) is 3. The highest BCUT2D eigenvalue weighted by Crippen LogP contribution is 2.19. The molecule has 0 saturated carbocycles. The molecule has 140 valence electrons. The molecule has 1 atom stereocenters. The second-order valence-electron chi connectivity index (χ2n) is 5.29. The van der Waals surface area contributed by atoms with Crippen LogP contribution in [0.15, 0.2) is 54.6 Å². The summed E-state index contributed by atoms with van der Waals surface area (Å²) in [5.41, 5.74) is 9.21. The number of amides is 1. The van der Waals surface area contributed by atoms with Crippen LogP contribution in [0.25, 0.3) is 11.1 Å². The number of nitrogens with one attached hydrogen (secondary N) is 1. The lowest BCUT2D eigenvalue weighted by molar-refractivity contribution is -0.192. The van der Waals surface area contributed by atoms with Crippen LogP contribution in [0.2, 0.25) is 0 Å². The molecule has 2 rings (SSSR count). The fourth-order valence-corrected chi connectivity index (χ4v) is 2.00. The van der Waals surface area contributed by atoms with Crippen LogP contribution >= 0.6 is 0 Å². The van der Waals surface area contributed by atoms with E-state index in [9.17, 15) is 18.0 Å². The Hall–Kier alpha value is -2.87. The first-order valence-electron chi connectivity index (χ1n) is 7.56. The molecule has 0 fully saturated rings. The molecule has 2 aromatic carbocycles. The Morgan fingerprint density at radius 3 is 1.92 bits per heavy atom. The van der Waals surface area contributed by atoms with Gasteiger partial charge >= 0.3 is 12.1 Å². The lowest BCUT2D eigenvalue weighted by Crippen LogP contribution is -2.40. The van der Waals surface area contributed by atoms with Crippen LogP contribution in [-0.2, 0) is 16.0 Å². The third-order valence-corrected chi connectivity index (χ3v) is 3.34. The molecule has 26 heavy (non-hydrogen) atoms.